The summed E-state index contributed by atoms with van der Waals surface area (Å²) in [6.45, 7) is 8.17. The van der Waals surface area contributed by atoms with Crippen LogP contribution in [-0.2, 0) is 17.8 Å². The van der Waals surface area contributed by atoms with Gasteiger partial charge >= 0.3 is 0 Å². The van der Waals surface area contributed by atoms with Crippen molar-refractivity contribution in [2.45, 2.75) is 19.9 Å². The monoisotopic (exact) mass is 385 g/mol. The van der Waals surface area contributed by atoms with Crippen molar-refractivity contribution in [3.8, 4) is 0 Å². The van der Waals surface area contributed by atoms with Gasteiger partial charge in [0.1, 0.15) is 0 Å². The van der Waals surface area contributed by atoms with Gasteiger partial charge < -0.3 is 5.32 Å². The van der Waals surface area contributed by atoms with Gasteiger partial charge in [-0.25, -0.2) is 0 Å². The van der Waals surface area contributed by atoms with Crippen LogP contribution in [0.3, 0.4) is 0 Å². The summed E-state index contributed by atoms with van der Waals surface area (Å²) in [6, 6.07) is 16.3. The molecule has 2 aromatic rings. The Balaban J connectivity index is 1.35. The van der Waals surface area contributed by atoms with E-state index < -0.39 is 0 Å². The number of piperazine rings is 1. The predicted octanol–water partition coefficient (Wildman–Crippen LogP) is 3.12. The number of nitrogens with one attached hydrogen (secondary N) is 1. The van der Waals surface area contributed by atoms with Crippen molar-refractivity contribution in [3.63, 3.8) is 0 Å². The maximum atomic E-state index is 12.2. The van der Waals surface area contributed by atoms with Gasteiger partial charge in [-0.15, -0.1) is 0 Å². The van der Waals surface area contributed by atoms with Gasteiger partial charge in [-0.2, -0.15) is 0 Å². The van der Waals surface area contributed by atoms with E-state index in [4.69, 9.17) is 11.6 Å². The van der Waals surface area contributed by atoms with Crippen molar-refractivity contribution < 1.29 is 4.79 Å². The third-order valence-electron chi connectivity index (χ3n) is 5.11. The fourth-order valence-electron chi connectivity index (χ4n) is 3.43. The maximum absolute atomic E-state index is 12.2. The highest BCUT2D eigenvalue weighted by Crippen LogP contribution is 2.13. The Labute approximate surface area is 167 Å². The van der Waals surface area contributed by atoms with Crippen molar-refractivity contribution in [1.29, 1.82) is 0 Å². The molecule has 27 heavy (non-hydrogen) atoms. The zero-order valence-corrected chi connectivity index (χ0v) is 16.7. The average Bonchev–Trinajstić information content (AvgIpc) is 2.65. The number of hydrogen-bond donors (Lipinski definition) is 1. The molecule has 4 nitrogen and oxygen atoms in total. The van der Waals surface area contributed by atoms with E-state index in [1.54, 1.807) is 0 Å². The van der Waals surface area contributed by atoms with E-state index >= 15 is 0 Å². The smallest absolute Gasteiger partial charge is 0.234 e. The zero-order valence-electron chi connectivity index (χ0n) is 16.0. The minimum Gasteiger partial charge on any atom is -0.355 e. The minimum atomic E-state index is 0.101. The first-order valence-electron chi connectivity index (χ1n) is 9.60. The van der Waals surface area contributed by atoms with Crippen molar-refractivity contribution in [2.75, 3.05) is 39.3 Å². The van der Waals surface area contributed by atoms with Crippen LogP contribution < -0.4 is 5.32 Å². The van der Waals surface area contributed by atoms with E-state index in [1.807, 2.05) is 24.3 Å². The molecule has 2 aromatic carbocycles. The molecule has 1 N–H and O–H groups in total. The molecular weight excluding hydrogens is 358 g/mol. The summed E-state index contributed by atoms with van der Waals surface area (Å²) in [5, 5.41) is 3.76. The lowest BCUT2D eigenvalue weighted by Gasteiger charge is -2.34. The normalized spacial score (nSPS) is 15.6. The van der Waals surface area contributed by atoms with Crippen LogP contribution in [0.1, 0.15) is 16.7 Å². The molecule has 0 bridgehead atoms. The fourth-order valence-corrected chi connectivity index (χ4v) is 3.64. The van der Waals surface area contributed by atoms with Crippen LogP contribution in [0.15, 0.2) is 48.5 Å². The molecule has 1 saturated heterocycles. The Morgan fingerprint density at radius 1 is 1.04 bits per heavy atom. The Bertz CT molecular complexity index is 757. The number of halogens is 1. The number of hydrogen-bond acceptors (Lipinski definition) is 3. The first-order chi connectivity index (χ1) is 13.1. The average molecular weight is 386 g/mol. The number of rotatable bonds is 7. The van der Waals surface area contributed by atoms with Crippen LogP contribution in [0.5, 0.6) is 0 Å². The van der Waals surface area contributed by atoms with E-state index in [2.05, 4.69) is 46.3 Å². The number of amides is 1. The zero-order chi connectivity index (χ0) is 19.1. The lowest BCUT2D eigenvalue weighted by Crippen LogP contribution is -2.49. The molecular formula is C22H28ClN3O. The molecule has 0 spiro atoms. The predicted molar refractivity (Wildman–Crippen MR) is 111 cm³/mol. The Kier molecular flexibility index (Phi) is 7.27. The molecule has 0 aromatic heterocycles. The molecule has 1 amide bonds. The maximum Gasteiger partial charge on any atom is 0.234 e. The Morgan fingerprint density at radius 2 is 1.78 bits per heavy atom. The number of carbonyl (C=O) groups excluding carboxylic acids is 1. The number of nitrogens with zero attached hydrogens (tertiary/aromatic N) is 2. The van der Waals surface area contributed by atoms with Gasteiger partial charge in [0.15, 0.2) is 0 Å². The van der Waals surface area contributed by atoms with Crippen LogP contribution in [0.4, 0.5) is 0 Å². The summed E-state index contributed by atoms with van der Waals surface area (Å²) in [7, 11) is 0. The highest BCUT2D eigenvalue weighted by molar-refractivity contribution is 6.30. The largest absolute Gasteiger partial charge is 0.355 e. The van der Waals surface area contributed by atoms with Crippen LogP contribution in [0, 0.1) is 6.92 Å². The number of carbonyl (C=O) groups is 1. The standard InChI is InChI=1S/C22H28ClN3O/c1-18-5-2-3-7-20(18)16-25-11-13-26(14-12-25)17-22(27)24-10-9-19-6-4-8-21(23)15-19/h2-8,15H,9-14,16-17H2,1H3,(H,24,27). The molecule has 0 atom stereocenters. The second-order valence-electron chi connectivity index (χ2n) is 7.21. The molecule has 1 heterocycles. The van der Waals surface area contributed by atoms with Crippen molar-refractivity contribution in [3.05, 3.63) is 70.2 Å². The van der Waals surface area contributed by atoms with Gasteiger partial charge in [0.2, 0.25) is 5.91 Å². The van der Waals surface area contributed by atoms with E-state index in [-0.39, 0.29) is 5.91 Å². The number of benzene rings is 2. The third kappa shape index (κ3) is 6.35. The second kappa shape index (κ2) is 9.88. The first kappa shape index (κ1) is 19.9. The van der Waals surface area contributed by atoms with Crippen LogP contribution in [-0.4, -0.2) is 55.0 Å². The summed E-state index contributed by atoms with van der Waals surface area (Å²) in [6.07, 6.45) is 0.802. The molecule has 0 unspecified atom stereocenters. The Morgan fingerprint density at radius 3 is 2.52 bits per heavy atom. The van der Waals surface area contributed by atoms with E-state index in [0.717, 1.165) is 49.7 Å². The van der Waals surface area contributed by atoms with Crippen molar-refractivity contribution >= 4 is 17.5 Å². The number of aryl methyl sites for hydroxylation is 1. The van der Waals surface area contributed by atoms with Gasteiger partial charge in [0.25, 0.3) is 0 Å². The van der Waals surface area contributed by atoms with Crippen LogP contribution >= 0.6 is 11.6 Å². The van der Waals surface area contributed by atoms with Gasteiger partial charge in [0, 0.05) is 44.3 Å². The summed E-state index contributed by atoms with van der Waals surface area (Å²) >= 11 is 5.99. The Hall–Kier alpha value is -1.88. The quantitative estimate of drug-likeness (QED) is 0.795. The van der Waals surface area contributed by atoms with Crippen LogP contribution in [0.2, 0.25) is 5.02 Å². The third-order valence-corrected chi connectivity index (χ3v) is 5.35. The lowest BCUT2D eigenvalue weighted by atomic mass is 10.1. The van der Waals surface area contributed by atoms with E-state index in [1.165, 1.54) is 11.1 Å². The molecule has 5 heteroatoms. The second-order valence-corrected chi connectivity index (χ2v) is 7.65. The molecule has 1 aliphatic heterocycles. The lowest BCUT2D eigenvalue weighted by molar-refractivity contribution is -0.122. The van der Waals surface area contributed by atoms with E-state index in [9.17, 15) is 4.79 Å². The van der Waals surface area contributed by atoms with Gasteiger partial charge in [-0.1, -0.05) is 48.0 Å². The molecule has 1 aliphatic rings. The van der Waals surface area contributed by atoms with Crippen LogP contribution in [0.25, 0.3) is 0 Å². The summed E-state index contributed by atoms with van der Waals surface area (Å²) in [5.74, 6) is 0.101. The van der Waals surface area contributed by atoms with E-state index in [0.29, 0.717) is 13.1 Å². The molecule has 0 radical (unpaired) electrons. The molecule has 144 valence electrons. The summed E-state index contributed by atoms with van der Waals surface area (Å²) < 4.78 is 0. The first-order valence-corrected chi connectivity index (χ1v) is 9.98. The summed E-state index contributed by atoms with van der Waals surface area (Å²) in [5.41, 5.74) is 3.89. The molecule has 3 rings (SSSR count). The van der Waals surface area contributed by atoms with Gasteiger partial charge in [-0.05, 0) is 42.2 Å². The molecule has 0 aliphatic carbocycles. The minimum absolute atomic E-state index is 0.101. The molecule has 0 saturated carbocycles. The SMILES string of the molecule is Cc1ccccc1CN1CCN(CC(=O)NCCc2cccc(Cl)c2)CC1. The van der Waals surface area contributed by atoms with Gasteiger partial charge in [-0.3, -0.25) is 14.6 Å². The topological polar surface area (TPSA) is 35.6 Å². The van der Waals surface area contributed by atoms with Gasteiger partial charge in [0.05, 0.1) is 6.54 Å². The fraction of sp³-hybridized carbons (Fsp3) is 0.409. The summed E-state index contributed by atoms with van der Waals surface area (Å²) in [4.78, 5) is 16.9. The highest BCUT2D eigenvalue weighted by Gasteiger charge is 2.19. The van der Waals surface area contributed by atoms with Crippen molar-refractivity contribution in [1.82, 2.24) is 15.1 Å². The van der Waals surface area contributed by atoms with Crippen molar-refractivity contribution in [2.24, 2.45) is 0 Å². The molecule has 1 fully saturated rings. The highest BCUT2D eigenvalue weighted by atomic mass is 35.5.